The Labute approximate surface area is 154 Å². The van der Waals surface area contributed by atoms with Crippen molar-refractivity contribution >= 4 is 23.3 Å². The highest BCUT2D eigenvalue weighted by Crippen LogP contribution is 2.35. The quantitative estimate of drug-likeness (QED) is 0.709. The summed E-state index contributed by atoms with van der Waals surface area (Å²) in [7, 11) is 2.88. The molecule has 6 nitrogen and oxygen atoms in total. The fourth-order valence-corrected chi connectivity index (χ4v) is 2.27. The molecule has 0 saturated carbocycles. The molecule has 0 radical (unpaired) electrons. The Morgan fingerprint density at radius 3 is 2.46 bits per heavy atom. The normalized spacial score (nSPS) is 10.2. The number of ether oxygens (including phenoxy) is 3. The van der Waals surface area contributed by atoms with Crippen LogP contribution in [0.2, 0.25) is 5.02 Å². The number of methoxy groups -OCH3 is 2. The molecule has 140 valence electrons. The van der Waals surface area contributed by atoms with Gasteiger partial charge in [0.05, 0.1) is 31.5 Å². The Kier molecular flexibility index (Phi) is 6.85. The first-order valence-electron chi connectivity index (χ1n) is 7.48. The number of carbonyl (C=O) groups is 1. The summed E-state index contributed by atoms with van der Waals surface area (Å²) in [6.07, 6.45) is 0. The molecule has 9 heteroatoms. The molecule has 26 heavy (non-hydrogen) atoms. The zero-order valence-electron chi connectivity index (χ0n) is 14.1. The third-order valence-electron chi connectivity index (χ3n) is 3.26. The van der Waals surface area contributed by atoms with E-state index in [0.29, 0.717) is 22.2 Å². The Morgan fingerprint density at radius 1 is 1.08 bits per heavy atom. The van der Waals surface area contributed by atoms with Gasteiger partial charge in [-0.05, 0) is 12.1 Å². The van der Waals surface area contributed by atoms with Crippen LogP contribution in [0.3, 0.4) is 0 Å². The van der Waals surface area contributed by atoms with Crippen molar-refractivity contribution in [1.29, 1.82) is 0 Å². The first kappa shape index (κ1) is 19.6. The van der Waals surface area contributed by atoms with Crippen molar-refractivity contribution in [1.82, 2.24) is 5.32 Å². The summed E-state index contributed by atoms with van der Waals surface area (Å²) >= 11 is 6.00. The van der Waals surface area contributed by atoms with Crippen molar-refractivity contribution in [3.8, 4) is 17.2 Å². The average Bonchev–Trinajstić information content (AvgIpc) is 2.61. The number of urea groups is 1. The summed E-state index contributed by atoms with van der Waals surface area (Å²) in [5, 5.41) is 5.46. The standard InChI is InChI=1S/C17H17ClF2N2O4/c1-24-15-9-13(16(25-2)8-11(15)18)22-17(23)21-5-6-26-14-4-3-10(19)7-12(14)20/h3-4,7-9H,5-6H2,1-2H3,(H2,21,22,23). The highest BCUT2D eigenvalue weighted by molar-refractivity contribution is 6.32. The first-order valence-corrected chi connectivity index (χ1v) is 7.86. The van der Waals surface area contributed by atoms with E-state index in [2.05, 4.69) is 10.6 Å². The minimum absolute atomic E-state index is 0.00293. The van der Waals surface area contributed by atoms with Crippen LogP contribution < -0.4 is 24.8 Å². The molecular formula is C17H17ClF2N2O4. The molecule has 0 aliphatic rings. The molecule has 0 aliphatic heterocycles. The van der Waals surface area contributed by atoms with Crippen molar-refractivity contribution in [2.75, 3.05) is 32.7 Å². The van der Waals surface area contributed by atoms with E-state index in [1.807, 2.05) is 0 Å². The third-order valence-corrected chi connectivity index (χ3v) is 3.56. The van der Waals surface area contributed by atoms with E-state index in [1.54, 1.807) is 0 Å². The van der Waals surface area contributed by atoms with Gasteiger partial charge in [0.15, 0.2) is 11.6 Å². The van der Waals surface area contributed by atoms with E-state index in [9.17, 15) is 13.6 Å². The van der Waals surface area contributed by atoms with Crippen LogP contribution in [0.15, 0.2) is 30.3 Å². The Hall–Kier alpha value is -2.74. The van der Waals surface area contributed by atoms with E-state index >= 15 is 0 Å². The lowest BCUT2D eigenvalue weighted by Crippen LogP contribution is -2.32. The van der Waals surface area contributed by atoms with Gasteiger partial charge in [0.25, 0.3) is 0 Å². The molecule has 0 unspecified atom stereocenters. The van der Waals surface area contributed by atoms with Gasteiger partial charge in [0.2, 0.25) is 0 Å². The molecule has 2 amide bonds. The first-order chi connectivity index (χ1) is 12.4. The second kappa shape index (κ2) is 9.10. The predicted molar refractivity (Wildman–Crippen MR) is 93.4 cm³/mol. The van der Waals surface area contributed by atoms with Gasteiger partial charge < -0.3 is 24.8 Å². The number of carbonyl (C=O) groups excluding carboxylic acids is 1. The SMILES string of the molecule is COc1cc(NC(=O)NCCOc2ccc(F)cc2F)c(OC)cc1Cl. The maximum atomic E-state index is 13.4. The number of anilines is 1. The fourth-order valence-electron chi connectivity index (χ4n) is 2.04. The summed E-state index contributed by atoms with van der Waals surface area (Å²) in [5.74, 6) is -0.877. The lowest BCUT2D eigenvalue weighted by atomic mass is 10.2. The third kappa shape index (κ3) is 5.13. The van der Waals surface area contributed by atoms with Gasteiger partial charge in [-0.2, -0.15) is 0 Å². The van der Waals surface area contributed by atoms with Gasteiger partial charge in [-0.1, -0.05) is 11.6 Å². The lowest BCUT2D eigenvalue weighted by molar-refractivity contribution is 0.246. The van der Waals surface area contributed by atoms with Crippen molar-refractivity contribution < 1.29 is 27.8 Å². The van der Waals surface area contributed by atoms with Crippen molar-refractivity contribution in [3.63, 3.8) is 0 Å². The van der Waals surface area contributed by atoms with Gasteiger partial charge in [-0.25, -0.2) is 13.6 Å². The van der Waals surface area contributed by atoms with Crippen molar-refractivity contribution in [3.05, 3.63) is 47.0 Å². The number of benzene rings is 2. The molecule has 0 fully saturated rings. The summed E-state index contributed by atoms with van der Waals surface area (Å²) in [6, 6.07) is 5.47. The highest BCUT2D eigenvalue weighted by Gasteiger charge is 2.12. The van der Waals surface area contributed by atoms with Crippen LogP contribution in [-0.4, -0.2) is 33.4 Å². The smallest absolute Gasteiger partial charge is 0.319 e. The summed E-state index contributed by atoms with van der Waals surface area (Å²) in [4.78, 5) is 12.0. The Bertz CT molecular complexity index is 790. The number of rotatable bonds is 7. The molecule has 2 aromatic carbocycles. The zero-order chi connectivity index (χ0) is 19.1. The van der Waals surface area contributed by atoms with Crippen LogP contribution in [0.4, 0.5) is 19.3 Å². The molecule has 2 rings (SSSR count). The molecule has 2 aromatic rings. The van der Waals surface area contributed by atoms with Gasteiger partial charge in [0.1, 0.15) is 23.9 Å². The Balaban J connectivity index is 1.87. The molecule has 0 saturated heterocycles. The van der Waals surface area contributed by atoms with E-state index in [4.69, 9.17) is 25.8 Å². The second-order valence-corrected chi connectivity index (χ2v) is 5.40. The van der Waals surface area contributed by atoms with Gasteiger partial charge in [-0.3, -0.25) is 0 Å². The zero-order valence-corrected chi connectivity index (χ0v) is 14.8. The molecule has 0 aromatic heterocycles. The van der Waals surface area contributed by atoms with Crippen LogP contribution in [0, 0.1) is 11.6 Å². The number of halogens is 3. The van der Waals surface area contributed by atoms with Gasteiger partial charge >= 0.3 is 6.03 Å². The summed E-state index contributed by atoms with van der Waals surface area (Å²) in [6.45, 7) is 0.0900. The minimum Gasteiger partial charge on any atom is -0.495 e. The van der Waals surface area contributed by atoms with E-state index in [0.717, 1.165) is 12.1 Å². The largest absolute Gasteiger partial charge is 0.495 e. The minimum atomic E-state index is -0.813. The van der Waals surface area contributed by atoms with Crippen molar-refractivity contribution in [2.24, 2.45) is 0 Å². The van der Waals surface area contributed by atoms with Crippen LogP contribution in [0.25, 0.3) is 0 Å². The maximum Gasteiger partial charge on any atom is 0.319 e. The number of nitrogens with one attached hydrogen (secondary N) is 2. The molecule has 2 N–H and O–H groups in total. The molecule has 0 spiro atoms. The molecule has 0 bridgehead atoms. The summed E-state index contributed by atoms with van der Waals surface area (Å²) in [5.41, 5.74) is 0.358. The lowest BCUT2D eigenvalue weighted by Gasteiger charge is -2.14. The monoisotopic (exact) mass is 386 g/mol. The highest BCUT2D eigenvalue weighted by atomic mass is 35.5. The number of hydrogen-bond acceptors (Lipinski definition) is 4. The second-order valence-electron chi connectivity index (χ2n) is 4.99. The predicted octanol–water partition coefficient (Wildman–Crippen LogP) is 3.84. The molecular weight excluding hydrogens is 370 g/mol. The van der Waals surface area contributed by atoms with Crippen LogP contribution in [0.1, 0.15) is 0 Å². The van der Waals surface area contributed by atoms with Crippen molar-refractivity contribution in [2.45, 2.75) is 0 Å². The topological polar surface area (TPSA) is 68.8 Å². The molecule has 0 aliphatic carbocycles. The summed E-state index contributed by atoms with van der Waals surface area (Å²) < 4.78 is 41.6. The Morgan fingerprint density at radius 2 is 1.81 bits per heavy atom. The fraction of sp³-hybridized carbons (Fsp3) is 0.235. The molecule has 0 heterocycles. The number of amides is 2. The van der Waals surface area contributed by atoms with Gasteiger partial charge in [-0.15, -0.1) is 0 Å². The van der Waals surface area contributed by atoms with E-state index < -0.39 is 17.7 Å². The van der Waals surface area contributed by atoms with Crippen LogP contribution in [-0.2, 0) is 0 Å². The van der Waals surface area contributed by atoms with E-state index in [1.165, 1.54) is 32.4 Å². The van der Waals surface area contributed by atoms with Gasteiger partial charge in [0, 0.05) is 18.2 Å². The average molecular weight is 387 g/mol. The van der Waals surface area contributed by atoms with Crippen LogP contribution in [0.5, 0.6) is 17.2 Å². The maximum absolute atomic E-state index is 13.4. The number of hydrogen-bond donors (Lipinski definition) is 2. The molecule has 0 atom stereocenters. The van der Waals surface area contributed by atoms with Crippen LogP contribution >= 0.6 is 11.6 Å². The van der Waals surface area contributed by atoms with E-state index in [-0.39, 0.29) is 18.9 Å².